The molecular weight excluding hydrogens is 396 g/mol. The number of benzene rings is 2. The number of urea groups is 1. The van der Waals surface area contributed by atoms with Gasteiger partial charge in [0.1, 0.15) is 0 Å². The minimum absolute atomic E-state index is 0.0982. The number of hydrogen-bond donors (Lipinski definition) is 3. The van der Waals surface area contributed by atoms with E-state index in [9.17, 15) is 19.2 Å². The highest BCUT2D eigenvalue weighted by atomic mass is 35.5. The summed E-state index contributed by atoms with van der Waals surface area (Å²) in [5.74, 6) is -3.61. The van der Waals surface area contributed by atoms with Crippen LogP contribution in [0.1, 0.15) is 15.9 Å². The molecule has 1 saturated heterocycles. The van der Waals surface area contributed by atoms with Crippen LogP contribution in [0.2, 0.25) is 5.02 Å². The zero-order valence-corrected chi connectivity index (χ0v) is 16.1. The minimum Gasteiger partial charge on any atom is -0.302 e. The van der Waals surface area contributed by atoms with Crippen LogP contribution >= 0.6 is 11.6 Å². The van der Waals surface area contributed by atoms with E-state index in [4.69, 9.17) is 11.6 Å². The summed E-state index contributed by atoms with van der Waals surface area (Å²) in [6, 6.07) is 12.3. The normalized spacial score (nSPS) is 16.3. The molecule has 3 N–H and O–H groups in total. The average Bonchev–Trinajstić information content (AvgIpc) is 2.67. The lowest BCUT2D eigenvalue weighted by Gasteiger charge is -2.32. The van der Waals surface area contributed by atoms with E-state index in [0.717, 1.165) is 4.90 Å². The molecule has 0 saturated carbocycles. The van der Waals surface area contributed by atoms with Crippen molar-refractivity contribution in [1.29, 1.82) is 0 Å². The summed E-state index contributed by atoms with van der Waals surface area (Å²) in [5, 5.41) is 2.37. The van der Waals surface area contributed by atoms with Gasteiger partial charge >= 0.3 is 6.03 Å². The van der Waals surface area contributed by atoms with Crippen molar-refractivity contribution in [1.82, 2.24) is 16.2 Å². The molecule has 5 amide bonds. The van der Waals surface area contributed by atoms with Crippen LogP contribution in [0, 0.1) is 12.8 Å². The third-order valence-corrected chi connectivity index (χ3v) is 4.65. The molecule has 1 heterocycles. The molecular formula is C20H17ClN4O4. The topological polar surface area (TPSA) is 108 Å². The molecule has 0 spiro atoms. The quantitative estimate of drug-likeness (QED) is 0.516. The Hall–Kier alpha value is -3.65. The maximum atomic E-state index is 12.9. The molecule has 2 aromatic rings. The molecule has 29 heavy (non-hydrogen) atoms. The first-order valence-electron chi connectivity index (χ1n) is 8.55. The fourth-order valence-electron chi connectivity index (χ4n) is 2.85. The molecule has 3 rings (SSSR count). The summed E-state index contributed by atoms with van der Waals surface area (Å²) >= 11 is 5.97. The van der Waals surface area contributed by atoms with Gasteiger partial charge in [-0.3, -0.25) is 25.1 Å². The highest BCUT2D eigenvalue weighted by molar-refractivity contribution is 6.33. The molecule has 1 aliphatic rings. The van der Waals surface area contributed by atoms with E-state index in [0.29, 0.717) is 11.3 Å². The van der Waals surface area contributed by atoms with Crippen molar-refractivity contribution in [3.63, 3.8) is 0 Å². The molecule has 2 aromatic carbocycles. The second-order valence-corrected chi connectivity index (χ2v) is 6.68. The second kappa shape index (κ2) is 8.15. The number of hydrazine groups is 1. The second-order valence-electron chi connectivity index (χ2n) is 6.27. The fraction of sp³-hybridized carbons (Fsp3) is 0.100. The zero-order chi connectivity index (χ0) is 21.1. The smallest absolute Gasteiger partial charge is 0.302 e. The van der Waals surface area contributed by atoms with Crippen molar-refractivity contribution in [3.05, 3.63) is 77.0 Å². The van der Waals surface area contributed by atoms with E-state index in [2.05, 4.69) is 22.7 Å². The number of anilines is 1. The minimum atomic E-state index is -1.42. The number of nitrogens with one attached hydrogen (secondary N) is 3. The van der Waals surface area contributed by atoms with Gasteiger partial charge in [0, 0.05) is 5.70 Å². The SMILES string of the molecule is C=C(NNC(=O)c1ccccc1Cl)[C@@H]1C(=O)NC(=O)N(c2ccccc2C)C1=O. The van der Waals surface area contributed by atoms with Crippen LogP contribution in [0.25, 0.3) is 0 Å². The van der Waals surface area contributed by atoms with Crippen LogP contribution in [0.3, 0.4) is 0 Å². The van der Waals surface area contributed by atoms with Crippen LogP contribution in [0.4, 0.5) is 10.5 Å². The van der Waals surface area contributed by atoms with E-state index in [1.807, 2.05) is 0 Å². The first kappa shape index (κ1) is 20.1. The molecule has 148 valence electrons. The first-order chi connectivity index (χ1) is 13.8. The van der Waals surface area contributed by atoms with Gasteiger partial charge < -0.3 is 5.43 Å². The molecule has 8 nitrogen and oxygen atoms in total. The van der Waals surface area contributed by atoms with Crippen molar-refractivity contribution in [3.8, 4) is 0 Å². The fourth-order valence-corrected chi connectivity index (χ4v) is 3.07. The van der Waals surface area contributed by atoms with E-state index < -0.39 is 29.7 Å². The van der Waals surface area contributed by atoms with Gasteiger partial charge in [-0.2, -0.15) is 0 Å². The van der Waals surface area contributed by atoms with Crippen molar-refractivity contribution < 1.29 is 19.2 Å². The van der Waals surface area contributed by atoms with Crippen LogP contribution in [0.15, 0.2) is 60.8 Å². The number of rotatable bonds is 5. The summed E-state index contributed by atoms with van der Waals surface area (Å²) in [6.07, 6.45) is 0. The number of imide groups is 2. The highest BCUT2D eigenvalue weighted by Gasteiger charge is 2.43. The molecule has 0 aromatic heterocycles. The molecule has 0 unspecified atom stereocenters. The van der Waals surface area contributed by atoms with Crippen molar-refractivity contribution in [2.45, 2.75) is 6.92 Å². The molecule has 1 aliphatic heterocycles. The Morgan fingerprint density at radius 1 is 1.07 bits per heavy atom. The standard InChI is InChI=1S/C20H17ClN4O4/c1-11-7-3-6-10-15(11)25-19(28)16(18(27)22-20(25)29)12(2)23-24-17(26)13-8-4-5-9-14(13)21/h3-10,16,23H,2H2,1H3,(H,24,26)(H,22,27,29)/t16-/m1/s1. The Labute approximate surface area is 171 Å². The molecule has 0 radical (unpaired) electrons. The van der Waals surface area contributed by atoms with Crippen molar-refractivity contribution in [2.75, 3.05) is 4.90 Å². The van der Waals surface area contributed by atoms with Crippen LogP contribution in [-0.4, -0.2) is 23.8 Å². The van der Waals surface area contributed by atoms with Gasteiger partial charge in [0.05, 0.1) is 16.3 Å². The van der Waals surface area contributed by atoms with Gasteiger partial charge in [-0.15, -0.1) is 0 Å². The lowest BCUT2D eigenvalue weighted by Crippen LogP contribution is -2.60. The lowest BCUT2D eigenvalue weighted by atomic mass is 10.0. The molecule has 0 aliphatic carbocycles. The lowest BCUT2D eigenvalue weighted by molar-refractivity contribution is -0.132. The Morgan fingerprint density at radius 2 is 1.72 bits per heavy atom. The van der Waals surface area contributed by atoms with Gasteiger partial charge in [0.25, 0.3) is 11.8 Å². The number of carbonyl (C=O) groups is 4. The average molecular weight is 413 g/mol. The van der Waals surface area contributed by atoms with Gasteiger partial charge in [-0.1, -0.05) is 48.5 Å². The van der Waals surface area contributed by atoms with E-state index in [-0.39, 0.29) is 16.3 Å². The number of aryl methyl sites for hydroxylation is 1. The summed E-state index contributed by atoms with van der Waals surface area (Å²) in [5.41, 5.74) is 5.94. The maximum Gasteiger partial charge on any atom is 0.335 e. The molecule has 1 fully saturated rings. The van der Waals surface area contributed by atoms with Crippen LogP contribution in [-0.2, 0) is 9.59 Å². The van der Waals surface area contributed by atoms with E-state index in [1.165, 1.54) is 6.07 Å². The summed E-state index contributed by atoms with van der Waals surface area (Å²) < 4.78 is 0. The number of barbiturate groups is 1. The Morgan fingerprint density at radius 3 is 2.41 bits per heavy atom. The molecule has 0 bridgehead atoms. The number of para-hydroxylation sites is 1. The predicted octanol–water partition coefficient (Wildman–Crippen LogP) is 2.30. The van der Waals surface area contributed by atoms with Gasteiger partial charge in [-0.25, -0.2) is 9.69 Å². The Kier molecular flexibility index (Phi) is 5.65. The van der Waals surface area contributed by atoms with Gasteiger partial charge in [0.15, 0.2) is 5.92 Å². The highest BCUT2D eigenvalue weighted by Crippen LogP contribution is 2.26. The Bertz CT molecular complexity index is 1040. The third kappa shape index (κ3) is 3.97. The number of nitrogens with zero attached hydrogens (tertiary/aromatic N) is 1. The number of carbonyl (C=O) groups excluding carboxylic acids is 4. The van der Waals surface area contributed by atoms with Crippen molar-refractivity contribution >= 4 is 41.0 Å². The number of halogens is 1. The van der Waals surface area contributed by atoms with Crippen LogP contribution in [0.5, 0.6) is 0 Å². The molecule has 1 atom stereocenters. The predicted molar refractivity (Wildman–Crippen MR) is 107 cm³/mol. The largest absolute Gasteiger partial charge is 0.335 e. The van der Waals surface area contributed by atoms with E-state index >= 15 is 0 Å². The summed E-state index contributed by atoms with van der Waals surface area (Å²) in [7, 11) is 0. The van der Waals surface area contributed by atoms with Gasteiger partial charge in [-0.05, 0) is 30.7 Å². The Balaban J connectivity index is 1.77. The number of amides is 5. The maximum absolute atomic E-state index is 12.9. The van der Waals surface area contributed by atoms with E-state index in [1.54, 1.807) is 49.4 Å². The van der Waals surface area contributed by atoms with Crippen LogP contribution < -0.4 is 21.1 Å². The summed E-state index contributed by atoms with van der Waals surface area (Å²) in [4.78, 5) is 50.6. The third-order valence-electron chi connectivity index (χ3n) is 4.32. The summed E-state index contributed by atoms with van der Waals surface area (Å²) in [6.45, 7) is 5.40. The first-order valence-corrected chi connectivity index (χ1v) is 8.93. The monoisotopic (exact) mass is 412 g/mol. The van der Waals surface area contributed by atoms with Crippen molar-refractivity contribution in [2.24, 2.45) is 5.92 Å². The zero-order valence-electron chi connectivity index (χ0n) is 15.4. The number of hydrogen-bond acceptors (Lipinski definition) is 5. The van der Waals surface area contributed by atoms with Gasteiger partial charge in [0.2, 0.25) is 5.91 Å². The molecule has 9 heteroatoms.